The van der Waals surface area contributed by atoms with Crippen LogP contribution in [0.5, 0.6) is 0 Å². The Kier molecular flexibility index (Phi) is 4.86. The average Bonchev–Trinajstić information content (AvgIpc) is 3.03. The van der Waals surface area contributed by atoms with Gasteiger partial charge >= 0.3 is 0 Å². The third kappa shape index (κ3) is 3.43. The molecule has 1 amide bonds. The summed E-state index contributed by atoms with van der Waals surface area (Å²) in [5, 5.41) is 4.17. The van der Waals surface area contributed by atoms with E-state index < -0.39 is 0 Å². The second kappa shape index (κ2) is 7.28. The number of hydrogen-bond donors (Lipinski definition) is 3. The van der Waals surface area contributed by atoms with Crippen molar-refractivity contribution < 1.29 is 4.79 Å². The Bertz CT molecular complexity index is 847. The van der Waals surface area contributed by atoms with Gasteiger partial charge in [-0.25, -0.2) is 9.97 Å². The Labute approximate surface area is 156 Å². The predicted molar refractivity (Wildman–Crippen MR) is 105 cm³/mol. The molecule has 0 radical (unpaired) electrons. The van der Waals surface area contributed by atoms with E-state index in [1.807, 2.05) is 19.3 Å². The maximum Gasteiger partial charge on any atom is 0.259 e. The fourth-order valence-electron chi connectivity index (χ4n) is 3.72. The number of nitrogens with one attached hydrogen (secondary N) is 2. The Morgan fingerprint density at radius 2 is 2.31 bits per heavy atom. The second-order valence-electron chi connectivity index (χ2n) is 7.02. The summed E-state index contributed by atoms with van der Waals surface area (Å²) in [6, 6.07) is 0.380. The minimum atomic E-state index is -0.00473. The van der Waals surface area contributed by atoms with Crippen LogP contribution in [0.3, 0.4) is 0 Å². The Balaban J connectivity index is 1.55. The van der Waals surface area contributed by atoms with Gasteiger partial charge in [0.2, 0.25) is 0 Å². The minimum Gasteiger partial charge on any atom is -0.349 e. The molecule has 2 aromatic rings. The van der Waals surface area contributed by atoms with Gasteiger partial charge in [-0.3, -0.25) is 4.79 Å². The first kappa shape index (κ1) is 17.4. The van der Waals surface area contributed by atoms with Crippen molar-refractivity contribution in [1.82, 2.24) is 20.3 Å². The van der Waals surface area contributed by atoms with E-state index in [1.165, 1.54) is 0 Å². The number of fused-ring (bicyclic) bond motifs is 1. The molecule has 2 aliphatic rings. The first-order valence-corrected chi connectivity index (χ1v) is 10.1. The van der Waals surface area contributed by atoms with Crippen molar-refractivity contribution in [2.45, 2.75) is 44.7 Å². The molecule has 8 heteroatoms. The van der Waals surface area contributed by atoms with Crippen LogP contribution in [-0.4, -0.2) is 45.2 Å². The predicted octanol–water partition coefficient (Wildman–Crippen LogP) is 2.05. The molecule has 0 saturated heterocycles. The number of H-pyrrole nitrogens is 1. The van der Waals surface area contributed by atoms with E-state index in [2.05, 4.69) is 25.2 Å². The van der Waals surface area contributed by atoms with Gasteiger partial charge in [0.25, 0.3) is 5.91 Å². The number of nitrogens with two attached hydrogens (primary N) is 1. The number of carbonyl (C=O) groups excluding carboxylic acids is 1. The van der Waals surface area contributed by atoms with Gasteiger partial charge in [0, 0.05) is 36.8 Å². The molecule has 0 spiro atoms. The van der Waals surface area contributed by atoms with Crippen molar-refractivity contribution in [3.63, 3.8) is 0 Å². The first-order valence-electron chi connectivity index (χ1n) is 9.08. The normalized spacial score (nSPS) is 23.8. The van der Waals surface area contributed by atoms with E-state index in [0.29, 0.717) is 0 Å². The smallest absolute Gasteiger partial charge is 0.259 e. The topological polar surface area (TPSA) is 99.9 Å². The summed E-state index contributed by atoms with van der Waals surface area (Å²) in [6.45, 7) is 2.85. The van der Waals surface area contributed by atoms with E-state index in [4.69, 9.17) is 5.73 Å². The monoisotopic (exact) mass is 372 g/mol. The van der Waals surface area contributed by atoms with Crippen LogP contribution in [0, 0.1) is 6.92 Å². The summed E-state index contributed by atoms with van der Waals surface area (Å²) in [6.07, 6.45) is 9.42. The van der Waals surface area contributed by atoms with Gasteiger partial charge in [-0.2, -0.15) is 0 Å². The summed E-state index contributed by atoms with van der Waals surface area (Å²) < 4.78 is 0. The molecule has 3 heterocycles. The molecule has 0 unspecified atom stereocenters. The number of amides is 1. The van der Waals surface area contributed by atoms with E-state index in [1.54, 1.807) is 18.1 Å². The molecule has 0 aromatic carbocycles. The average molecular weight is 372 g/mol. The molecule has 1 aliphatic heterocycles. The van der Waals surface area contributed by atoms with Crippen molar-refractivity contribution in [3.05, 3.63) is 29.2 Å². The molecular weight excluding hydrogens is 348 g/mol. The number of nitrogens with zero attached hydrogens (tertiary/aromatic N) is 3. The minimum absolute atomic E-state index is 0.00473. The summed E-state index contributed by atoms with van der Waals surface area (Å²) >= 11 is 1.60. The number of carbonyl (C=O) groups is 1. The highest BCUT2D eigenvalue weighted by molar-refractivity contribution is 8.04. The van der Waals surface area contributed by atoms with Gasteiger partial charge in [0.15, 0.2) is 0 Å². The molecule has 138 valence electrons. The number of aryl methyl sites for hydroxylation is 1. The van der Waals surface area contributed by atoms with Crippen molar-refractivity contribution in [3.8, 4) is 0 Å². The van der Waals surface area contributed by atoms with Crippen LogP contribution in [0.2, 0.25) is 0 Å². The Hall–Kier alpha value is -2.06. The number of aromatic amines is 1. The lowest BCUT2D eigenvalue weighted by Crippen LogP contribution is -2.43. The fourth-order valence-corrected chi connectivity index (χ4v) is 4.62. The van der Waals surface area contributed by atoms with Gasteiger partial charge < -0.3 is 20.9 Å². The third-order valence-electron chi connectivity index (χ3n) is 5.06. The zero-order valence-electron chi connectivity index (χ0n) is 14.9. The van der Waals surface area contributed by atoms with Gasteiger partial charge in [-0.05, 0) is 38.2 Å². The van der Waals surface area contributed by atoms with Crippen molar-refractivity contribution in [1.29, 1.82) is 0 Å². The number of aromatic nitrogens is 3. The second-order valence-corrected chi connectivity index (χ2v) is 8.16. The van der Waals surface area contributed by atoms with Crippen LogP contribution in [0.15, 0.2) is 23.6 Å². The van der Waals surface area contributed by atoms with E-state index >= 15 is 0 Å². The van der Waals surface area contributed by atoms with Gasteiger partial charge in [-0.1, -0.05) is 0 Å². The maximum absolute atomic E-state index is 12.7. The molecule has 26 heavy (non-hydrogen) atoms. The van der Waals surface area contributed by atoms with Crippen molar-refractivity contribution >= 4 is 34.5 Å². The number of anilines is 1. The van der Waals surface area contributed by atoms with Gasteiger partial charge in [0.1, 0.15) is 17.8 Å². The van der Waals surface area contributed by atoms with E-state index in [-0.39, 0.29) is 18.0 Å². The molecule has 0 bridgehead atoms. The zero-order valence-corrected chi connectivity index (χ0v) is 15.7. The molecular formula is C18H24N6OS. The molecule has 4 rings (SSSR count). The molecule has 4 N–H and O–H groups in total. The van der Waals surface area contributed by atoms with Crippen LogP contribution < -0.4 is 16.0 Å². The first-order chi connectivity index (χ1) is 12.6. The number of hydrogen-bond acceptors (Lipinski definition) is 6. The summed E-state index contributed by atoms with van der Waals surface area (Å²) in [7, 11) is 0. The van der Waals surface area contributed by atoms with Crippen LogP contribution in [0.25, 0.3) is 11.0 Å². The van der Waals surface area contributed by atoms with Crippen LogP contribution in [-0.2, 0) is 4.79 Å². The standard InChI is InChI=1S/C18H24N6OS/c1-11-8-20-16-15(11)17(22-10-21-16)24-5-6-26-14(9-24)18(25)23-13-4-2-3-12(19)7-13/h8-10,12-13H,2-7,19H2,1H3,(H,23,25)(H,20,21,22)/t12-,13-/m1/s1. The lowest BCUT2D eigenvalue weighted by atomic mass is 9.91. The van der Waals surface area contributed by atoms with Gasteiger partial charge in [0.05, 0.1) is 10.3 Å². The lowest BCUT2D eigenvalue weighted by molar-refractivity contribution is -0.117. The summed E-state index contributed by atoms with van der Waals surface area (Å²) in [4.78, 5) is 27.4. The highest BCUT2D eigenvalue weighted by Gasteiger charge is 2.25. The third-order valence-corrected chi connectivity index (χ3v) is 6.04. The van der Waals surface area contributed by atoms with E-state index in [9.17, 15) is 4.79 Å². The quantitative estimate of drug-likeness (QED) is 0.762. The summed E-state index contributed by atoms with van der Waals surface area (Å²) in [5.41, 5.74) is 7.96. The molecule has 2 aromatic heterocycles. The van der Waals surface area contributed by atoms with Crippen molar-refractivity contribution in [2.75, 3.05) is 17.2 Å². The van der Waals surface area contributed by atoms with E-state index in [0.717, 1.165) is 65.3 Å². The van der Waals surface area contributed by atoms with Crippen LogP contribution >= 0.6 is 11.8 Å². The highest BCUT2D eigenvalue weighted by Crippen LogP contribution is 2.31. The molecule has 1 fully saturated rings. The Morgan fingerprint density at radius 3 is 3.15 bits per heavy atom. The lowest BCUT2D eigenvalue weighted by Gasteiger charge is -2.29. The molecule has 1 saturated carbocycles. The van der Waals surface area contributed by atoms with Crippen LogP contribution in [0.1, 0.15) is 31.2 Å². The molecule has 2 atom stereocenters. The van der Waals surface area contributed by atoms with Gasteiger partial charge in [-0.15, -0.1) is 11.8 Å². The SMILES string of the molecule is Cc1c[nH]c2ncnc(N3C=C(C(=O)N[C@@H]4CCC[C@@H](N)C4)SCC3)c12. The number of thioether (sulfide) groups is 1. The fraction of sp³-hybridized carbons (Fsp3) is 0.500. The Morgan fingerprint density at radius 1 is 1.42 bits per heavy atom. The highest BCUT2D eigenvalue weighted by atomic mass is 32.2. The summed E-state index contributed by atoms with van der Waals surface area (Å²) in [5.74, 6) is 1.69. The largest absolute Gasteiger partial charge is 0.349 e. The molecule has 7 nitrogen and oxygen atoms in total. The maximum atomic E-state index is 12.7. The van der Waals surface area contributed by atoms with Crippen LogP contribution in [0.4, 0.5) is 5.82 Å². The number of rotatable bonds is 3. The van der Waals surface area contributed by atoms with Crippen molar-refractivity contribution in [2.24, 2.45) is 5.73 Å². The zero-order chi connectivity index (χ0) is 18.1. The molecule has 1 aliphatic carbocycles.